The van der Waals surface area contributed by atoms with Crippen molar-refractivity contribution in [3.63, 3.8) is 0 Å². The van der Waals surface area contributed by atoms with Crippen molar-refractivity contribution in [3.8, 4) is 11.5 Å². The summed E-state index contributed by atoms with van der Waals surface area (Å²) in [6.07, 6.45) is 1.84. The Kier molecular flexibility index (Phi) is 4.63. The zero-order chi connectivity index (χ0) is 15.4. The molecule has 0 bridgehead atoms. The Morgan fingerprint density at radius 1 is 1.00 bits per heavy atom. The molecule has 3 nitrogen and oxygen atoms in total. The summed E-state index contributed by atoms with van der Waals surface area (Å²) in [5.41, 5.74) is 4.77. The molecule has 21 heavy (non-hydrogen) atoms. The minimum Gasteiger partial charge on any atom is -0.508 e. The molecule has 2 aromatic carbocycles. The first-order valence-electron chi connectivity index (χ1n) is 7.25. The molecule has 0 spiro atoms. The van der Waals surface area contributed by atoms with E-state index in [1.165, 1.54) is 17.2 Å². The van der Waals surface area contributed by atoms with E-state index in [2.05, 4.69) is 32.0 Å². The molecule has 3 heteroatoms. The molecule has 2 aromatic rings. The maximum Gasteiger partial charge on any atom is 0.128 e. The summed E-state index contributed by atoms with van der Waals surface area (Å²) in [6, 6.07) is 10.8. The van der Waals surface area contributed by atoms with Crippen LogP contribution in [0.4, 0.5) is 5.69 Å². The molecule has 0 unspecified atom stereocenters. The summed E-state index contributed by atoms with van der Waals surface area (Å²) in [5.74, 6) is 0.0931. The van der Waals surface area contributed by atoms with Crippen LogP contribution in [0.5, 0.6) is 11.5 Å². The Morgan fingerprint density at radius 2 is 1.62 bits per heavy atom. The van der Waals surface area contributed by atoms with Crippen LogP contribution in [-0.2, 0) is 12.8 Å². The van der Waals surface area contributed by atoms with E-state index < -0.39 is 0 Å². The Bertz CT molecular complexity index is 653. The minimum atomic E-state index is 0.0447. The fraction of sp³-hybridized carbons (Fsp3) is 0.278. The predicted octanol–water partition coefficient (Wildman–Crippen LogP) is 4.36. The van der Waals surface area contributed by atoms with Crippen LogP contribution in [0.15, 0.2) is 41.4 Å². The quantitative estimate of drug-likeness (QED) is 0.819. The Morgan fingerprint density at radius 3 is 2.14 bits per heavy atom. The monoisotopic (exact) mass is 283 g/mol. The summed E-state index contributed by atoms with van der Waals surface area (Å²) in [4.78, 5) is 4.74. The number of aryl methyl sites for hydroxylation is 2. The molecule has 0 saturated carbocycles. The van der Waals surface area contributed by atoms with Crippen LogP contribution in [0.25, 0.3) is 0 Å². The predicted molar refractivity (Wildman–Crippen MR) is 86.8 cm³/mol. The molecule has 110 valence electrons. The number of hydrogen-bond acceptors (Lipinski definition) is 3. The number of rotatable bonds is 4. The van der Waals surface area contributed by atoms with Crippen LogP contribution in [0.3, 0.4) is 0 Å². The van der Waals surface area contributed by atoms with Crippen LogP contribution in [0.2, 0.25) is 0 Å². The number of aliphatic imine (C=N–C) groups is 1. The maximum atomic E-state index is 9.95. The molecule has 0 aromatic heterocycles. The van der Waals surface area contributed by atoms with Gasteiger partial charge in [-0.1, -0.05) is 32.0 Å². The summed E-state index contributed by atoms with van der Waals surface area (Å²) in [7, 11) is 0. The zero-order valence-corrected chi connectivity index (χ0v) is 12.7. The summed E-state index contributed by atoms with van der Waals surface area (Å²) in [5, 5.41) is 19.3. The molecule has 0 atom stereocenters. The highest BCUT2D eigenvalue weighted by atomic mass is 16.3. The van der Waals surface area contributed by atoms with Gasteiger partial charge in [0, 0.05) is 17.3 Å². The fourth-order valence-corrected chi connectivity index (χ4v) is 2.41. The van der Waals surface area contributed by atoms with Gasteiger partial charge in [-0.05, 0) is 43.0 Å². The van der Waals surface area contributed by atoms with Crippen LogP contribution >= 0.6 is 0 Å². The lowest BCUT2D eigenvalue weighted by molar-refractivity contribution is 0.450. The van der Waals surface area contributed by atoms with Gasteiger partial charge < -0.3 is 10.2 Å². The molecule has 0 aliphatic rings. The largest absolute Gasteiger partial charge is 0.508 e. The van der Waals surface area contributed by atoms with Crippen molar-refractivity contribution >= 4 is 11.4 Å². The van der Waals surface area contributed by atoms with Crippen LogP contribution < -0.4 is 0 Å². The number of aromatic hydroxyl groups is 2. The van der Waals surface area contributed by atoms with E-state index in [1.54, 1.807) is 12.1 Å². The third-order valence-corrected chi connectivity index (χ3v) is 3.62. The highest BCUT2D eigenvalue weighted by molar-refractivity contribution is 6.02. The zero-order valence-electron chi connectivity index (χ0n) is 12.7. The molecule has 2 N–H and O–H groups in total. The van der Waals surface area contributed by atoms with Gasteiger partial charge in [-0.25, -0.2) is 0 Å². The van der Waals surface area contributed by atoms with Gasteiger partial charge >= 0.3 is 0 Å². The number of para-hydroxylation sites is 1. The van der Waals surface area contributed by atoms with Crippen molar-refractivity contribution in [1.29, 1.82) is 0 Å². The molecule has 0 radical (unpaired) electrons. The highest BCUT2D eigenvalue weighted by Crippen LogP contribution is 2.29. The van der Waals surface area contributed by atoms with E-state index in [1.807, 2.05) is 6.92 Å². The SMILES string of the molecule is CCc1cccc(CC)c1N=C(C)c1ccc(O)cc1O. The van der Waals surface area contributed by atoms with Crippen LogP contribution in [0, 0.1) is 0 Å². The van der Waals surface area contributed by atoms with Crippen molar-refractivity contribution in [2.24, 2.45) is 4.99 Å². The Labute approximate surface area is 125 Å². The third kappa shape index (κ3) is 3.24. The van der Waals surface area contributed by atoms with Crippen molar-refractivity contribution in [2.75, 3.05) is 0 Å². The highest BCUT2D eigenvalue weighted by Gasteiger charge is 2.09. The first kappa shape index (κ1) is 15.1. The normalized spacial score (nSPS) is 11.7. The summed E-state index contributed by atoms with van der Waals surface area (Å²) >= 11 is 0. The van der Waals surface area contributed by atoms with Gasteiger partial charge in [0.25, 0.3) is 0 Å². The van der Waals surface area contributed by atoms with E-state index in [-0.39, 0.29) is 11.5 Å². The average Bonchev–Trinajstić information content (AvgIpc) is 2.47. The van der Waals surface area contributed by atoms with Gasteiger partial charge in [0.1, 0.15) is 11.5 Å². The maximum absolute atomic E-state index is 9.95. The number of phenolic OH excluding ortho intramolecular Hbond substituents is 2. The molecule has 0 fully saturated rings. The van der Waals surface area contributed by atoms with Gasteiger partial charge in [-0.15, -0.1) is 0 Å². The smallest absolute Gasteiger partial charge is 0.128 e. The first-order valence-corrected chi connectivity index (χ1v) is 7.25. The molecular formula is C18H21NO2. The number of phenols is 2. The van der Waals surface area contributed by atoms with E-state index in [0.717, 1.165) is 24.2 Å². The van der Waals surface area contributed by atoms with E-state index in [0.29, 0.717) is 5.56 Å². The second kappa shape index (κ2) is 6.44. The minimum absolute atomic E-state index is 0.0447. The molecule has 0 aliphatic heterocycles. The van der Waals surface area contributed by atoms with Gasteiger partial charge in [-0.2, -0.15) is 0 Å². The Balaban J connectivity index is 2.52. The van der Waals surface area contributed by atoms with Gasteiger partial charge in [0.2, 0.25) is 0 Å². The van der Waals surface area contributed by atoms with Crippen molar-refractivity contribution in [2.45, 2.75) is 33.6 Å². The third-order valence-electron chi connectivity index (χ3n) is 3.62. The average molecular weight is 283 g/mol. The van der Waals surface area contributed by atoms with Crippen LogP contribution in [0.1, 0.15) is 37.5 Å². The standard InChI is InChI=1S/C18H21NO2/c1-4-13-7-6-8-14(5-2)18(13)19-12(3)16-10-9-15(20)11-17(16)21/h6-11,20-21H,4-5H2,1-3H3. The summed E-state index contributed by atoms with van der Waals surface area (Å²) in [6.45, 7) is 6.10. The molecular weight excluding hydrogens is 262 g/mol. The second-order valence-electron chi connectivity index (χ2n) is 5.03. The Hall–Kier alpha value is -2.29. The van der Waals surface area contributed by atoms with Crippen molar-refractivity contribution in [3.05, 3.63) is 53.1 Å². The lowest BCUT2D eigenvalue weighted by atomic mass is 10.0. The van der Waals surface area contributed by atoms with Crippen molar-refractivity contribution in [1.82, 2.24) is 0 Å². The van der Waals surface area contributed by atoms with Gasteiger partial charge in [0.05, 0.1) is 5.69 Å². The summed E-state index contributed by atoms with van der Waals surface area (Å²) < 4.78 is 0. The molecule has 2 rings (SSSR count). The van der Waals surface area contributed by atoms with Crippen molar-refractivity contribution < 1.29 is 10.2 Å². The van der Waals surface area contributed by atoms with E-state index in [9.17, 15) is 10.2 Å². The number of nitrogens with zero attached hydrogens (tertiary/aromatic N) is 1. The molecule has 0 saturated heterocycles. The van der Waals surface area contributed by atoms with E-state index >= 15 is 0 Å². The molecule has 0 heterocycles. The molecule has 0 aliphatic carbocycles. The van der Waals surface area contributed by atoms with Gasteiger partial charge in [0.15, 0.2) is 0 Å². The lowest BCUT2D eigenvalue weighted by Crippen LogP contribution is -1.97. The van der Waals surface area contributed by atoms with Crippen LogP contribution in [-0.4, -0.2) is 15.9 Å². The second-order valence-corrected chi connectivity index (χ2v) is 5.03. The number of hydrogen-bond donors (Lipinski definition) is 2. The topological polar surface area (TPSA) is 52.8 Å². The fourth-order valence-electron chi connectivity index (χ4n) is 2.41. The number of benzene rings is 2. The lowest BCUT2D eigenvalue weighted by Gasteiger charge is -2.11. The molecule has 0 amide bonds. The van der Waals surface area contributed by atoms with E-state index in [4.69, 9.17) is 4.99 Å². The first-order chi connectivity index (χ1) is 10.1. The van der Waals surface area contributed by atoms with Gasteiger partial charge in [-0.3, -0.25) is 4.99 Å².